The molecule has 1 saturated heterocycles. The standard InChI is InChI=1S/C16H21ClN2O/c1-11(2)15(20)19-10-16(5-7-18-8-6-16)13-9-12(17)3-4-14(13)19/h3-4,9,11,18H,5-8,10H2,1-2H3. The van der Waals surface area contributed by atoms with E-state index in [2.05, 4.69) is 11.4 Å². The second-order valence-corrected chi connectivity index (χ2v) is 6.71. The van der Waals surface area contributed by atoms with Gasteiger partial charge in [0.05, 0.1) is 0 Å². The molecule has 0 atom stereocenters. The van der Waals surface area contributed by atoms with Gasteiger partial charge in [-0.05, 0) is 49.7 Å². The number of piperidine rings is 1. The zero-order valence-corrected chi connectivity index (χ0v) is 12.8. The van der Waals surface area contributed by atoms with Crippen LogP contribution in [0.3, 0.4) is 0 Å². The Kier molecular flexibility index (Phi) is 3.51. The van der Waals surface area contributed by atoms with Gasteiger partial charge in [-0.3, -0.25) is 4.79 Å². The number of amides is 1. The molecule has 108 valence electrons. The van der Waals surface area contributed by atoms with Crippen LogP contribution in [0.5, 0.6) is 0 Å². The van der Waals surface area contributed by atoms with Gasteiger partial charge >= 0.3 is 0 Å². The number of benzene rings is 1. The minimum atomic E-state index is 0.0235. The van der Waals surface area contributed by atoms with Gasteiger partial charge < -0.3 is 10.2 Å². The van der Waals surface area contributed by atoms with E-state index in [1.54, 1.807) is 0 Å². The summed E-state index contributed by atoms with van der Waals surface area (Å²) in [5, 5.41) is 4.18. The van der Waals surface area contributed by atoms with Crippen LogP contribution in [0, 0.1) is 5.92 Å². The van der Waals surface area contributed by atoms with Gasteiger partial charge in [-0.1, -0.05) is 25.4 Å². The summed E-state index contributed by atoms with van der Waals surface area (Å²) in [6.45, 7) is 6.75. The van der Waals surface area contributed by atoms with Gasteiger partial charge in [0.1, 0.15) is 0 Å². The van der Waals surface area contributed by atoms with Crippen LogP contribution in [0.1, 0.15) is 32.3 Å². The number of nitrogens with one attached hydrogen (secondary N) is 1. The van der Waals surface area contributed by atoms with Gasteiger partial charge in [0.2, 0.25) is 5.91 Å². The Bertz CT molecular complexity index is 535. The van der Waals surface area contributed by atoms with Crippen LogP contribution in [0.4, 0.5) is 5.69 Å². The normalized spacial score (nSPS) is 20.5. The van der Waals surface area contributed by atoms with Crippen molar-refractivity contribution in [1.82, 2.24) is 5.32 Å². The molecule has 4 heteroatoms. The Morgan fingerprint density at radius 1 is 1.35 bits per heavy atom. The van der Waals surface area contributed by atoms with E-state index in [4.69, 9.17) is 11.6 Å². The highest BCUT2D eigenvalue weighted by atomic mass is 35.5. The number of hydrogen-bond acceptors (Lipinski definition) is 2. The van der Waals surface area contributed by atoms with Gasteiger partial charge in [0.15, 0.2) is 0 Å². The molecule has 1 aromatic carbocycles. The summed E-state index contributed by atoms with van der Waals surface area (Å²) >= 11 is 6.20. The Morgan fingerprint density at radius 2 is 2.05 bits per heavy atom. The Morgan fingerprint density at radius 3 is 2.70 bits per heavy atom. The van der Waals surface area contributed by atoms with E-state index >= 15 is 0 Å². The molecule has 3 nitrogen and oxygen atoms in total. The van der Waals surface area contributed by atoms with Crippen molar-refractivity contribution in [1.29, 1.82) is 0 Å². The van der Waals surface area contributed by atoms with Crippen LogP contribution in [0.25, 0.3) is 0 Å². The summed E-state index contributed by atoms with van der Waals surface area (Å²) in [6.07, 6.45) is 2.14. The number of nitrogens with zero attached hydrogens (tertiary/aromatic N) is 1. The Balaban J connectivity index is 2.06. The van der Waals surface area contributed by atoms with E-state index in [0.29, 0.717) is 0 Å². The zero-order valence-electron chi connectivity index (χ0n) is 12.1. The second kappa shape index (κ2) is 5.05. The molecule has 3 rings (SSSR count). The first-order valence-electron chi connectivity index (χ1n) is 7.36. The molecule has 20 heavy (non-hydrogen) atoms. The van der Waals surface area contributed by atoms with Gasteiger partial charge in [-0.2, -0.15) is 0 Å². The maximum absolute atomic E-state index is 12.5. The monoisotopic (exact) mass is 292 g/mol. The van der Waals surface area contributed by atoms with Crippen molar-refractivity contribution in [3.63, 3.8) is 0 Å². The maximum atomic E-state index is 12.5. The minimum Gasteiger partial charge on any atom is -0.317 e. The van der Waals surface area contributed by atoms with E-state index < -0.39 is 0 Å². The summed E-state index contributed by atoms with van der Waals surface area (Å²) in [6, 6.07) is 5.96. The summed E-state index contributed by atoms with van der Waals surface area (Å²) in [4.78, 5) is 14.5. The molecule has 0 bridgehead atoms. The van der Waals surface area contributed by atoms with E-state index in [1.807, 2.05) is 30.9 Å². The molecule has 2 aliphatic heterocycles. The Hall–Kier alpha value is -1.06. The largest absolute Gasteiger partial charge is 0.317 e. The third kappa shape index (κ3) is 2.13. The van der Waals surface area contributed by atoms with Crippen molar-refractivity contribution < 1.29 is 4.79 Å². The number of carbonyl (C=O) groups is 1. The summed E-state index contributed by atoms with van der Waals surface area (Å²) < 4.78 is 0. The van der Waals surface area contributed by atoms with Gasteiger partial charge in [-0.25, -0.2) is 0 Å². The van der Waals surface area contributed by atoms with E-state index in [1.165, 1.54) is 5.56 Å². The molecule has 0 unspecified atom stereocenters. The molecule has 2 heterocycles. The molecule has 1 aromatic rings. The number of carbonyl (C=O) groups excluding carboxylic acids is 1. The van der Waals surface area contributed by atoms with Crippen LogP contribution in [-0.2, 0) is 10.2 Å². The first kappa shape index (κ1) is 13.9. The van der Waals surface area contributed by atoms with Gasteiger partial charge in [-0.15, -0.1) is 0 Å². The number of anilines is 1. The second-order valence-electron chi connectivity index (χ2n) is 6.27. The molecule has 1 amide bonds. The van der Waals surface area contributed by atoms with Crippen LogP contribution in [-0.4, -0.2) is 25.5 Å². The molecule has 0 radical (unpaired) electrons. The molecule has 0 saturated carbocycles. The van der Waals surface area contributed by atoms with Crippen LogP contribution in [0.2, 0.25) is 5.02 Å². The number of halogens is 1. The van der Waals surface area contributed by atoms with Crippen molar-refractivity contribution in [2.75, 3.05) is 24.5 Å². The van der Waals surface area contributed by atoms with Crippen molar-refractivity contribution in [2.45, 2.75) is 32.1 Å². The molecule has 2 aliphatic rings. The van der Waals surface area contributed by atoms with E-state index in [0.717, 1.165) is 43.2 Å². The Labute approximate surface area is 125 Å². The highest BCUT2D eigenvalue weighted by Gasteiger charge is 2.45. The smallest absolute Gasteiger partial charge is 0.229 e. The van der Waals surface area contributed by atoms with Crippen molar-refractivity contribution in [2.24, 2.45) is 5.92 Å². The lowest BCUT2D eigenvalue weighted by atomic mass is 9.75. The maximum Gasteiger partial charge on any atom is 0.229 e. The van der Waals surface area contributed by atoms with Crippen LogP contribution < -0.4 is 10.2 Å². The molecule has 0 aromatic heterocycles. The fourth-order valence-electron chi connectivity index (χ4n) is 3.48. The third-order valence-electron chi connectivity index (χ3n) is 4.60. The quantitative estimate of drug-likeness (QED) is 0.863. The van der Waals surface area contributed by atoms with Crippen LogP contribution in [0.15, 0.2) is 18.2 Å². The lowest BCUT2D eigenvalue weighted by Gasteiger charge is -2.34. The highest BCUT2D eigenvalue weighted by molar-refractivity contribution is 6.30. The average molecular weight is 293 g/mol. The lowest BCUT2D eigenvalue weighted by Crippen LogP contribution is -2.45. The van der Waals surface area contributed by atoms with E-state index in [9.17, 15) is 4.79 Å². The topological polar surface area (TPSA) is 32.3 Å². The first-order chi connectivity index (χ1) is 9.53. The summed E-state index contributed by atoms with van der Waals surface area (Å²) in [5.74, 6) is 0.236. The minimum absolute atomic E-state index is 0.0235. The van der Waals surface area contributed by atoms with Crippen molar-refractivity contribution >= 4 is 23.2 Å². The molecular weight excluding hydrogens is 272 g/mol. The average Bonchev–Trinajstić information content (AvgIpc) is 2.73. The fourth-order valence-corrected chi connectivity index (χ4v) is 3.65. The van der Waals surface area contributed by atoms with Gasteiger partial charge in [0, 0.05) is 28.6 Å². The summed E-state index contributed by atoms with van der Waals surface area (Å²) in [5.41, 5.74) is 2.42. The number of hydrogen-bond donors (Lipinski definition) is 1. The SMILES string of the molecule is CC(C)C(=O)N1CC2(CCNCC2)c2cc(Cl)ccc21. The number of fused-ring (bicyclic) bond motifs is 2. The van der Waals surface area contributed by atoms with E-state index in [-0.39, 0.29) is 17.2 Å². The molecular formula is C16H21ClN2O. The fraction of sp³-hybridized carbons (Fsp3) is 0.562. The van der Waals surface area contributed by atoms with Gasteiger partial charge in [0.25, 0.3) is 0 Å². The highest BCUT2D eigenvalue weighted by Crippen LogP contribution is 2.47. The van der Waals surface area contributed by atoms with Crippen LogP contribution >= 0.6 is 11.6 Å². The molecule has 1 spiro atoms. The molecule has 0 aliphatic carbocycles. The first-order valence-corrected chi connectivity index (χ1v) is 7.73. The summed E-state index contributed by atoms with van der Waals surface area (Å²) in [7, 11) is 0. The zero-order chi connectivity index (χ0) is 14.3. The lowest BCUT2D eigenvalue weighted by molar-refractivity contribution is -0.121. The third-order valence-corrected chi connectivity index (χ3v) is 4.84. The van der Waals surface area contributed by atoms with Crippen molar-refractivity contribution in [3.05, 3.63) is 28.8 Å². The van der Waals surface area contributed by atoms with Crippen molar-refractivity contribution in [3.8, 4) is 0 Å². The molecule has 1 fully saturated rings. The number of rotatable bonds is 1. The predicted octanol–water partition coefficient (Wildman–Crippen LogP) is 2.96. The predicted molar refractivity (Wildman–Crippen MR) is 82.4 cm³/mol. The molecule has 1 N–H and O–H groups in total.